The lowest BCUT2D eigenvalue weighted by molar-refractivity contribution is 0.624. The van der Waals surface area contributed by atoms with Crippen LogP contribution in [-0.2, 0) is 6.54 Å². The lowest BCUT2D eigenvalue weighted by Gasteiger charge is -2.00. The maximum absolute atomic E-state index is 13.9. The molecule has 1 aromatic heterocycles. The Morgan fingerprint density at radius 2 is 1.91 bits per heavy atom. The first-order chi connectivity index (χ1) is 10.7. The predicted octanol–water partition coefficient (Wildman–Crippen LogP) is 4.86. The highest BCUT2D eigenvalue weighted by molar-refractivity contribution is 5.98. The van der Waals surface area contributed by atoms with E-state index in [4.69, 9.17) is 0 Å². The van der Waals surface area contributed by atoms with Gasteiger partial charge in [0, 0.05) is 34.8 Å². The molecular formula is C19H15FN2. The molecule has 2 nitrogen and oxygen atoms in total. The molecule has 3 heteroatoms. The van der Waals surface area contributed by atoms with Gasteiger partial charge >= 0.3 is 0 Å². The number of rotatable bonds is 3. The van der Waals surface area contributed by atoms with Crippen LogP contribution in [0.3, 0.4) is 0 Å². The Labute approximate surface area is 128 Å². The summed E-state index contributed by atoms with van der Waals surface area (Å²) in [5.41, 5.74) is 2.70. The largest absolute Gasteiger partial charge is 0.347 e. The monoisotopic (exact) mass is 290 g/mol. The van der Waals surface area contributed by atoms with Crippen molar-refractivity contribution in [1.82, 2.24) is 4.57 Å². The van der Waals surface area contributed by atoms with Crippen LogP contribution in [0.4, 0.5) is 4.39 Å². The third-order valence-electron chi connectivity index (χ3n) is 3.74. The van der Waals surface area contributed by atoms with Gasteiger partial charge in [-0.25, -0.2) is 4.39 Å². The SMILES string of the molecule is CCn1cc(/C=C(/C#N)c2ccccc2F)c2ccccc21. The molecule has 0 N–H and O–H groups in total. The van der Waals surface area contributed by atoms with E-state index in [1.54, 1.807) is 24.3 Å². The van der Waals surface area contributed by atoms with Crippen LogP contribution >= 0.6 is 0 Å². The molecule has 3 rings (SSSR count). The molecule has 0 fully saturated rings. The van der Waals surface area contributed by atoms with Gasteiger partial charge in [-0.2, -0.15) is 5.26 Å². The van der Waals surface area contributed by atoms with Crippen molar-refractivity contribution in [3.8, 4) is 6.07 Å². The van der Waals surface area contributed by atoms with Gasteiger partial charge in [-0.15, -0.1) is 0 Å². The second-order valence-corrected chi connectivity index (χ2v) is 5.04. The van der Waals surface area contributed by atoms with Gasteiger partial charge in [0.2, 0.25) is 0 Å². The van der Waals surface area contributed by atoms with E-state index in [2.05, 4.69) is 17.6 Å². The van der Waals surface area contributed by atoms with Gasteiger partial charge in [0.1, 0.15) is 5.82 Å². The number of allylic oxidation sites excluding steroid dienone is 1. The van der Waals surface area contributed by atoms with Crippen molar-refractivity contribution in [2.75, 3.05) is 0 Å². The molecule has 0 atom stereocenters. The molecule has 1 heterocycles. The number of aryl methyl sites for hydroxylation is 1. The fourth-order valence-corrected chi connectivity index (χ4v) is 2.66. The summed E-state index contributed by atoms with van der Waals surface area (Å²) in [5.74, 6) is -0.380. The van der Waals surface area contributed by atoms with Crippen LogP contribution in [0.1, 0.15) is 18.1 Å². The Hall–Kier alpha value is -2.86. The minimum Gasteiger partial charge on any atom is -0.347 e. The molecule has 0 saturated heterocycles. The molecule has 0 aliphatic rings. The van der Waals surface area contributed by atoms with Gasteiger partial charge < -0.3 is 4.57 Å². The fraction of sp³-hybridized carbons (Fsp3) is 0.105. The minimum absolute atomic E-state index is 0.331. The van der Waals surface area contributed by atoms with Crippen LogP contribution in [0.2, 0.25) is 0 Å². The number of aromatic nitrogens is 1. The molecular weight excluding hydrogens is 275 g/mol. The first kappa shape index (κ1) is 14.1. The standard InChI is InChI=1S/C19H15FN2/c1-2-22-13-15(17-8-4-6-10-19(17)22)11-14(12-21)16-7-3-5-9-18(16)20/h3-11,13H,2H2,1H3/b14-11-. The van der Waals surface area contributed by atoms with Crippen molar-refractivity contribution in [1.29, 1.82) is 5.26 Å². The van der Waals surface area contributed by atoms with E-state index >= 15 is 0 Å². The highest BCUT2D eigenvalue weighted by atomic mass is 19.1. The molecule has 0 bridgehead atoms. The predicted molar refractivity (Wildman–Crippen MR) is 87.5 cm³/mol. The zero-order chi connectivity index (χ0) is 15.5. The van der Waals surface area contributed by atoms with Gasteiger partial charge in [-0.1, -0.05) is 36.4 Å². The van der Waals surface area contributed by atoms with Crippen LogP contribution in [0.5, 0.6) is 0 Å². The van der Waals surface area contributed by atoms with Gasteiger partial charge in [-0.3, -0.25) is 0 Å². The molecule has 0 saturated carbocycles. The second-order valence-electron chi connectivity index (χ2n) is 5.04. The molecule has 0 spiro atoms. The molecule has 0 radical (unpaired) electrons. The Kier molecular flexibility index (Phi) is 3.76. The lowest BCUT2D eigenvalue weighted by Crippen LogP contribution is -1.89. The topological polar surface area (TPSA) is 28.7 Å². The summed E-state index contributed by atoms with van der Waals surface area (Å²) in [6.07, 6.45) is 3.76. The van der Waals surface area contributed by atoms with Crippen molar-refractivity contribution in [2.45, 2.75) is 13.5 Å². The van der Waals surface area contributed by atoms with Crippen LogP contribution in [0.25, 0.3) is 22.6 Å². The number of benzene rings is 2. The zero-order valence-corrected chi connectivity index (χ0v) is 12.3. The summed E-state index contributed by atoms with van der Waals surface area (Å²) < 4.78 is 16.0. The molecule has 0 unspecified atom stereocenters. The van der Waals surface area contributed by atoms with Gasteiger partial charge in [0.15, 0.2) is 0 Å². The molecule has 2 aromatic carbocycles. The molecule has 0 amide bonds. The lowest BCUT2D eigenvalue weighted by atomic mass is 10.0. The van der Waals surface area contributed by atoms with E-state index in [9.17, 15) is 9.65 Å². The molecule has 0 aliphatic carbocycles. The number of nitrogens with zero attached hydrogens (tertiary/aromatic N) is 2. The van der Waals surface area contributed by atoms with E-state index in [0.717, 1.165) is 23.0 Å². The van der Waals surface area contributed by atoms with Gasteiger partial charge in [-0.05, 0) is 25.1 Å². The molecule has 0 aliphatic heterocycles. The normalized spacial score (nSPS) is 11.6. The summed E-state index contributed by atoms with van der Waals surface area (Å²) in [6.45, 7) is 2.91. The first-order valence-corrected chi connectivity index (χ1v) is 7.19. The summed E-state index contributed by atoms with van der Waals surface area (Å²) in [4.78, 5) is 0. The van der Waals surface area contributed by atoms with Crippen molar-refractivity contribution >= 4 is 22.6 Å². The number of nitriles is 1. The summed E-state index contributed by atoms with van der Waals surface area (Å²) in [6, 6.07) is 16.5. The summed E-state index contributed by atoms with van der Waals surface area (Å²) in [7, 11) is 0. The number of fused-ring (bicyclic) bond motifs is 1. The maximum Gasteiger partial charge on any atom is 0.131 e. The van der Waals surface area contributed by atoms with E-state index in [1.807, 2.05) is 30.5 Å². The molecule has 108 valence electrons. The molecule has 3 aromatic rings. The zero-order valence-electron chi connectivity index (χ0n) is 12.3. The van der Waals surface area contributed by atoms with E-state index in [1.165, 1.54) is 6.07 Å². The van der Waals surface area contributed by atoms with Crippen LogP contribution < -0.4 is 0 Å². The Balaban J connectivity index is 2.19. The van der Waals surface area contributed by atoms with Crippen molar-refractivity contribution in [3.63, 3.8) is 0 Å². The third kappa shape index (κ3) is 2.40. The fourth-order valence-electron chi connectivity index (χ4n) is 2.66. The number of para-hydroxylation sites is 1. The van der Waals surface area contributed by atoms with Crippen LogP contribution in [-0.4, -0.2) is 4.57 Å². The minimum atomic E-state index is -0.380. The number of hydrogen-bond donors (Lipinski definition) is 0. The molecule has 22 heavy (non-hydrogen) atoms. The van der Waals surface area contributed by atoms with Crippen LogP contribution in [0, 0.1) is 17.1 Å². The average molecular weight is 290 g/mol. The van der Waals surface area contributed by atoms with E-state index in [-0.39, 0.29) is 5.82 Å². The Bertz CT molecular complexity index is 897. The van der Waals surface area contributed by atoms with Gasteiger partial charge in [0.05, 0.1) is 11.6 Å². The third-order valence-corrected chi connectivity index (χ3v) is 3.74. The number of halogens is 1. The Morgan fingerprint density at radius 3 is 2.64 bits per heavy atom. The van der Waals surface area contributed by atoms with E-state index < -0.39 is 0 Å². The first-order valence-electron chi connectivity index (χ1n) is 7.19. The smallest absolute Gasteiger partial charge is 0.131 e. The highest BCUT2D eigenvalue weighted by Gasteiger charge is 2.10. The van der Waals surface area contributed by atoms with Crippen molar-refractivity contribution < 1.29 is 4.39 Å². The average Bonchev–Trinajstić information content (AvgIpc) is 2.91. The van der Waals surface area contributed by atoms with Crippen molar-refractivity contribution in [2.24, 2.45) is 0 Å². The Morgan fingerprint density at radius 1 is 1.18 bits per heavy atom. The summed E-state index contributed by atoms with van der Waals surface area (Å²) >= 11 is 0. The summed E-state index contributed by atoms with van der Waals surface area (Å²) in [5, 5.41) is 10.5. The maximum atomic E-state index is 13.9. The number of hydrogen-bond acceptors (Lipinski definition) is 1. The quantitative estimate of drug-likeness (QED) is 0.633. The second kappa shape index (κ2) is 5.87. The van der Waals surface area contributed by atoms with Crippen LogP contribution in [0.15, 0.2) is 54.7 Å². The van der Waals surface area contributed by atoms with Crippen molar-refractivity contribution in [3.05, 3.63) is 71.7 Å². The highest BCUT2D eigenvalue weighted by Crippen LogP contribution is 2.26. The van der Waals surface area contributed by atoms with E-state index in [0.29, 0.717) is 11.1 Å². The van der Waals surface area contributed by atoms with Gasteiger partial charge in [0.25, 0.3) is 0 Å².